The molecule has 4 nitrogen and oxygen atoms in total. The average molecular weight is 298 g/mol. The summed E-state index contributed by atoms with van der Waals surface area (Å²) in [6, 6.07) is 10.7. The highest BCUT2D eigenvalue weighted by molar-refractivity contribution is 6.06. The molecule has 0 heterocycles. The van der Waals surface area contributed by atoms with Crippen molar-refractivity contribution in [2.45, 2.75) is 6.92 Å². The molecule has 2 aromatic carbocycles. The van der Waals surface area contributed by atoms with Gasteiger partial charge in [0.25, 0.3) is 0 Å². The minimum absolute atomic E-state index is 0.0472. The van der Waals surface area contributed by atoms with Gasteiger partial charge in [0.05, 0.1) is 14.2 Å². The lowest BCUT2D eigenvalue weighted by atomic mass is 10.0. The van der Waals surface area contributed by atoms with Gasteiger partial charge in [-0.2, -0.15) is 0 Å². The first-order chi connectivity index (χ1) is 10.6. The number of allylic oxidation sites excluding steroid dienone is 1. The van der Waals surface area contributed by atoms with Crippen molar-refractivity contribution in [3.63, 3.8) is 0 Å². The van der Waals surface area contributed by atoms with Crippen LogP contribution in [0, 0.1) is 6.92 Å². The van der Waals surface area contributed by atoms with E-state index >= 15 is 0 Å². The zero-order chi connectivity index (χ0) is 16.1. The fraction of sp³-hybridized carbons (Fsp3) is 0.167. The average Bonchev–Trinajstić information content (AvgIpc) is 2.55. The van der Waals surface area contributed by atoms with E-state index in [0.29, 0.717) is 17.1 Å². The maximum Gasteiger partial charge on any atom is 0.201 e. The minimum atomic E-state index is -0.0917. The Balaban J connectivity index is 2.37. The second kappa shape index (κ2) is 6.80. The predicted molar refractivity (Wildman–Crippen MR) is 85.8 cm³/mol. The number of phenols is 1. The van der Waals surface area contributed by atoms with Gasteiger partial charge in [0.2, 0.25) is 5.75 Å². The summed E-state index contributed by atoms with van der Waals surface area (Å²) >= 11 is 0. The number of methoxy groups -OCH3 is 2. The molecule has 22 heavy (non-hydrogen) atoms. The molecule has 4 heteroatoms. The van der Waals surface area contributed by atoms with Gasteiger partial charge in [0.15, 0.2) is 17.3 Å². The summed E-state index contributed by atoms with van der Waals surface area (Å²) in [5.41, 5.74) is 2.10. The molecule has 0 fully saturated rings. The van der Waals surface area contributed by atoms with E-state index in [0.717, 1.165) is 11.1 Å². The van der Waals surface area contributed by atoms with Crippen LogP contribution in [0.5, 0.6) is 17.2 Å². The molecule has 0 saturated heterocycles. The Morgan fingerprint density at radius 1 is 1.14 bits per heavy atom. The number of rotatable bonds is 5. The molecule has 0 aliphatic heterocycles. The van der Waals surface area contributed by atoms with Gasteiger partial charge < -0.3 is 14.6 Å². The van der Waals surface area contributed by atoms with Gasteiger partial charge in [-0.1, -0.05) is 36.4 Å². The third-order valence-corrected chi connectivity index (χ3v) is 3.41. The molecule has 0 saturated carbocycles. The topological polar surface area (TPSA) is 55.8 Å². The summed E-state index contributed by atoms with van der Waals surface area (Å²) in [6.07, 6.45) is 3.18. The largest absolute Gasteiger partial charge is 0.502 e. The molecule has 2 aromatic rings. The Morgan fingerprint density at radius 3 is 2.41 bits per heavy atom. The number of benzene rings is 2. The van der Waals surface area contributed by atoms with E-state index in [1.165, 1.54) is 20.3 Å². The molecule has 114 valence electrons. The molecule has 0 spiro atoms. The monoisotopic (exact) mass is 298 g/mol. The zero-order valence-electron chi connectivity index (χ0n) is 12.8. The van der Waals surface area contributed by atoms with E-state index < -0.39 is 0 Å². The van der Waals surface area contributed by atoms with Crippen LogP contribution in [-0.2, 0) is 0 Å². The fourth-order valence-electron chi connectivity index (χ4n) is 2.18. The standard InChI is InChI=1S/C18H18O4/c1-12-14(11-16(21-2)17(20)18(12)22-3)9-10-15(19)13-7-5-4-6-8-13/h4-11,20H,1-3H3/b10-9+. The highest BCUT2D eigenvalue weighted by Crippen LogP contribution is 2.40. The predicted octanol–water partition coefficient (Wildman–Crippen LogP) is 3.61. The Hall–Kier alpha value is -2.75. The second-order valence-corrected chi connectivity index (χ2v) is 4.74. The summed E-state index contributed by atoms with van der Waals surface area (Å²) in [5, 5.41) is 10.0. The molecule has 0 aromatic heterocycles. The molecule has 0 bridgehead atoms. The number of ketones is 1. The van der Waals surface area contributed by atoms with Crippen LogP contribution < -0.4 is 9.47 Å². The Labute approximate surface area is 129 Å². The van der Waals surface area contributed by atoms with Crippen LogP contribution in [0.25, 0.3) is 6.08 Å². The van der Waals surface area contributed by atoms with Crippen molar-refractivity contribution < 1.29 is 19.4 Å². The lowest BCUT2D eigenvalue weighted by Crippen LogP contribution is -1.96. The summed E-state index contributed by atoms with van der Waals surface area (Å²) in [6.45, 7) is 1.81. The molecule has 2 rings (SSSR count). The smallest absolute Gasteiger partial charge is 0.201 e. The van der Waals surface area contributed by atoms with Gasteiger partial charge in [0.1, 0.15) is 0 Å². The molecule has 0 amide bonds. The van der Waals surface area contributed by atoms with Gasteiger partial charge in [-0.15, -0.1) is 0 Å². The van der Waals surface area contributed by atoms with Crippen molar-refractivity contribution in [2.24, 2.45) is 0 Å². The maximum absolute atomic E-state index is 12.1. The molecule has 0 unspecified atom stereocenters. The van der Waals surface area contributed by atoms with Crippen LogP contribution in [0.1, 0.15) is 21.5 Å². The van der Waals surface area contributed by atoms with Gasteiger partial charge in [-0.3, -0.25) is 4.79 Å². The Bertz CT molecular complexity index is 703. The lowest BCUT2D eigenvalue weighted by Gasteiger charge is -2.13. The van der Waals surface area contributed by atoms with Crippen molar-refractivity contribution >= 4 is 11.9 Å². The zero-order valence-corrected chi connectivity index (χ0v) is 12.8. The number of aromatic hydroxyl groups is 1. The quantitative estimate of drug-likeness (QED) is 0.676. The van der Waals surface area contributed by atoms with Crippen LogP contribution in [0.15, 0.2) is 42.5 Å². The Morgan fingerprint density at radius 2 is 1.82 bits per heavy atom. The third kappa shape index (κ3) is 3.11. The molecular formula is C18H18O4. The van der Waals surface area contributed by atoms with E-state index in [1.54, 1.807) is 24.3 Å². The molecule has 0 aliphatic rings. The van der Waals surface area contributed by atoms with E-state index in [4.69, 9.17) is 9.47 Å². The van der Waals surface area contributed by atoms with Crippen molar-refractivity contribution in [2.75, 3.05) is 14.2 Å². The van der Waals surface area contributed by atoms with E-state index in [-0.39, 0.29) is 11.5 Å². The number of carbonyl (C=O) groups excluding carboxylic acids is 1. The summed E-state index contributed by atoms with van der Waals surface area (Å²) in [7, 11) is 2.94. The minimum Gasteiger partial charge on any atom is -0.502 e. The first-order valence-electron chi connectivity index (χ1n) is 6.80. The van der Waals surface area contributed by atoms with Gasteiger partial charge >= 0.3 is 0 Å². The van der Waals surface area contributed by atoms with E-state index in [9.17, 15) is 9.90 Å². The van der Waals surface area contributed by atoms with E-state index in [2.05, 4.69) is 0 Å². The van der Waals surface area contributed by atoms with Gasteiger partial charge in [-0.25, -0.2) is 0 Å². The normalized spacial score (nSPS) is 10.7. The highest BCUT2D eigenvalue weighted by atomic mass is 16.5. The first kappa shape index (κ1) is 15.6. The molecule has 1 N–H and O–H groups in total. The summed E-state index contributed by atoms with van der Waals surface area (Å²) in [4.78, 5) is 12.1. The summed E-state index contributed by atoms with van der Waals surface area (Å²) in [5.74, 6) is 0.500. The first-order valence-corrected chi connectivity index (χ1v) is 6.80. The Kier molecular flexibility index (Phi) is 4.84. The van der Waals surface area contributed by atoms with Crippen molar-refractivity contribution in [3.05, 3.63) is 59.2 Å². The van der Waals surface area contributed by atoms with Crippen LogP contribution in [0.4, 0.5) is 0 Å². The third-order valence-electron chi connectivity index (χ3n) is 3.41. The highest BCUT2D eigenvalue weighted by Gasteiger charge is 2.15. The molecule has 0 radical (unpaired) electrons. The van der Waals surface area contributed by atoms with Crippen LogP contribution in [-0.4, -0.2) is 25.1 Å². The molecule has 0 aliphatic carbocycles. The SMILES string of the molecule is COc1cc(/C=C/C(=O)c2ccccc2)c(C)c(OC)c1O. The number of hydrogen-bond acceptors (Lipinski definition) is 4. The summed E-state index contributed by atoms with van der Waals surface area (Å²) < 4.78 is 10.3. The number of hydrogen-bond donors (Lipinski definition) is 1. The number of carbonyl (C=O) groups is 1. The van der Waals surface area contributed by atoms with Crippen LogP contribution in [0.3, 0.4) is 0 Å². The van der Waals surface area contributed by atoms with Crippen molar-refractivity contribution in [1.29, 1.82) is 0 Å². The lowest BCUT2D eigenvalue weighted by molar-refractivity contribution is 0.104. The second-order valence-electron chi connectivity index (χ2n) is 4.74. The number of ether oxygens (including phenoxy) is 2. The number of phenolic OH excluding ortho intramolecular Hbond substituents is 1. The van der Waals surface area contributed by atoms with Crippen LogP contribution in [0.2, 0.25) is 0 Å². The maximum atomic E-state index is 12.1. The van der Waals surface area contributed by atoms with E-state index in [1.807, 2.05) is 25.1 Å². The molecule has 0 atom stereocenters. The molecular weight excluding hydrogens is 280 g/mol. The van der Waals surface area contributed by atoms with Crippen molar-refractivity contribution in [1.82, 2.24) is 0 Å². The van der Waals surface area contributed by atoms with Crippen LogP contribution >= 0.6 is 0 Å². The van der Waals surface area contributed by atoms with Gasteiger partial charge in [-0.05, 0) is 24.6 Å². The van der Waals surface area contributed by atoms with Crippen molar-refractivity contribution in [3.8, 4) is 17.2 Å². The fourth-order valence-corrected chi connectivity index (χ4v) is 2.18. The van der Waals surface area contributed by atoms with Gasteiger partial charge in [0, 0.05) is 11.1 Å².